The molecule has 1 unspecified atom stereocenters. The van der Waals surface area contributed by atoms with Gasteiger partial charge >= 0.3 is 18.0 Å². The Morgan fingerprint density at radius 2 is 1.46 bits per heavy atom. The Morgan fingerprint density at radius 3 is 1.96 bits per heavy atom. The molecule has 0 aliphatic carbocycles. The number of carbonyl (C=O) groups is 3. The number of cyclic esters (lactones) is 2. The quantitative estimate of drug-likeness (QED) is 0.243. The third kappa shape index (κ3) is 11.1. The SMILES string of the molecule is CCCCCCCCCCCCCCOC(=O)CCC1NC(=O)OC1=O. The maximum absolute atomic E-state index is 11.6. The van der Waals surface area contributed by atoms with Crippen LogP contribution in [0.15, 0.2) is 0 Å². The van der Waals surface area contributed by atoms with E-state index in [0.717, 1.165) is 12.8 Å². The van der Waals surface area contributed by atoms with Gasteiger partial charge in [-0.05, 0) is 12.8 Å². The van der Waals surface area contributed by atoms with Crippen LogP contribution in [-0.2, 0) is 19.1 Å². The maximum Gasteiger partial charge on any atom is 0.415 e. The molecule has 1 atom stereocenters. The highest BCUT2D eigenvalue weighted by molar-refractivity contribution is 5.95. The van der Waals surface area contributed by atoms with E-state index < -0.39 is 18.1 Å². The highest BCUT2D eigenvalue weighted by Gasteiger charge is 2.32. The van der Waals surface area contributed by atoms with E-state index in [-0.39, 0.29) is 18.8 Å². The summed E-state index contributed by atoms with van der Waals surface area (Å²) >= 11 is 0. The second-order valence-corrected chi connectivity index (χ2v) is 7.05. The Balaban J connectivity index is 1.82. The van der Waals surface area contributed by atoms with Gasteiger partial charge in [0.05, 0.1) is 6.61 Å². The first kappa shape index (κ1) is 22.5. The molecule has 0 aromatic heterocycles. The molecule has 1 N–H and O–H groups in total. The second kappa shape index (κ2) is 14.6. The van der Waals surface area contributed by atoms with Crippen molar-refractivity contribution in [1.82, 2.24) is 5.32 Å². The fourth-order valence-electron chi connectivity index (χ4n) is 3.05. The summed E-state index contributed by atoms with van der Waals surface area (Å²) in [7, 11) is 0. The zero-order valence-corrected chi connectivity index (χ0v) is 16.2. The van der Waals surface area contributed by atoms with Crippen molar-refractivity contribution in [2.45, 2.75) is 103 Å². The molecular formula is C20H35NO5. The van der Waals surface area contributed by atoms with Crippen LogP contribution in [0.1, 0.15) is 96.8 Å². The normalized spacial score (nSPS) is 16.4. The molecule has 1 rings (SSSR count). The predicted molar refractivity (Wildman–Crippen MR) is 99.7 cm³/mol. The Bertz CT molecular complexity index is 424. The third-order valence-electron chi connectivity index (χ3n) is 4.67. The first-order chi connectivity index (χ1) is 12.6. The van der Waals surface area contributed by atoms with Crippen LogP contribution in [-0.4, -0.2) is 30.7 Å². The first-order valence-corrected chi connectivity index (χ1v) is 10.3. The topological polar surface area (TPSA) is 81.7 Å². The molecule has 26 heavy (non-hydrogen) atoms. The Kier molecular flexibility index (Phi) is 12.6. The molecule has 0 aromatic carbocycles. The van der Waals surface area contributed by atoms with E-state index in [2.05, 4.69) is 17.0 Å². The molecule has 1 aliphatic rings. The highest BCUT2D eigenvalue weighted by atomic mass is 16.6. The molecule has 6 nitrogen and oxygen atoms in total. The summed E-state index contributed by atoms with van der Waals surface area (Å²) in [5.74, 6) is -0.953. The van der Waals surface area contributed by atoms with E-state index in [0.29, 0.717) is 6.61 Å². The smallest absolute Gasteiger partial charge is 0.415 e. The monoisotopic (exact) mass is 369 g/mol. The van der Waals surface area contributed by atoms with E-state index in [1.54, 1.807) is 0 Å². The number of alkyl carbamates (subject to hydrolysis) is 1. The molecule has 1 saturated heterocycles. The van der Waals surface area contributed by atoms with Gasteiger partial charge in [-0.25, -0.2) is 9.59 Å². The summed E-state index contributed by atoms with van der Waals surface area (Å²) in [6.45, 7) is 2.67. The second-order valence-electron chi connectivity index (χ2n) is 7.05. The summed E-state index contributed by atoms with van der Waals surface area (Å²) in [4.78, 5) is 33.7. The van der Waals surface area contributed by atoms with Gasteiger partial charge in [0, 0.05) is 6.42 Å². The molecule has 150 valence electrons. The van der Waals surface area contributed by atoms with Crippen molar-refractivity contribution in [3.63, 3.8) is 0 Å². The zero-order valence-electron chi connectivity index (χ0n) is 16.2. The number of carbonyl (C=O) groups excluding carboxylic acids is 3. The minimum absolute atomic E-state index is 0.109. The molecule has 6 heteroatoms. The highest BCUT2D eigenvalue weighted by Crippen LogP contribution is 2.12. The summed E-state index contributed by atoms with van der Waals surface area (Å²) in [6, 6.07) is -0.721. The van der Waals surface area contributed by atoms with E-state index in [4.69, 9.17) is 4.74 Å². The van der Waals surface area contributed by atoms with Gasteiger partial charge in [0.1, 0.15) is 6.04 Å². The average molecular weight is 370 g/mol. The number of hydrogen-bond acceptors (Lipinski definition) is 5. The minimum atomic E-state index is -0.745. The number of nitrogens with one attached hydrogen (secondary N) is 1. The molecular weight excluding hydrogens is 334 g/mol. The number of ether oxygens (including phenoxy) is 2. The molecule has 1 heterocycles. The van der Waals surface area contributed by atoms with Gasteiger partial charge < -0.3 is 14.8 Å². The van der Waals surface area contributed by atoms with Gasteiger partial charge in [-0.3, -0.25) is 4.79 Å². The fourth-order valence-corrected chi connectivity index (χ4v) is 3.05. The summed E-state index contributed by atoms with van der Waals surface area (Å²) in [5.41, 5.74) is 0. The van der Waals surface area contributed by atoms with Crippen molar-refractivity contribution in [3.05, 3.63) is 0 Å². The van der Waals surface area contributed by atoms with Gasteiger partial charge in [0.2, 0.25) is 0 Å². The van der Waals surface area contributed by atoms with Gasteiger partial charge in [-0.2, -0.15) is 0 Å². The molecule has 0 aromatic rings. The van der Waals surface area contributed by atoms with E-state index in [1.165, 1.54) is 64.2 Å². The van der Waals surface area contributed by atoms with E-state index in [9.17, 15) is 14.4 Å². The van der Waals surface area contributed by atoms with Crippen molar-refractivity contribution in [2.75, 3.05) is 6.61 Å². The Hall–Kier alpha value is -1.59. The number of unbranched alkanes of at least 4 members (excludes halogenated alkanes) is 11. The lowest BCUT2D eigenvalue weighted by Crippen LogP contribution is -2.29. The minimum Gasteiger partial charge on any atom is -0.466 e. The predicted octanol–water partition coefficient (Wildman–Crippen LogP) is 4.65. The van der Waals surface area contributed by atoms with Crippen LogP contribution in [0.4, 0.5) is 4.79 Å². The van der Waals surface area contributed by atoms with Crippen molar-refractivity contribution in [2.24, 2.45) is 0 Å². The molecule has 1 amide bonds. The fraction of sp³-hybridized carbons (Fsp3) is 0.850. The zero-order chi connectivity index (χ0) is 19.0. The van der Waals surface area contributed by atoms with Crippen LogP contribution in [0.5, 0.6) is 0 Å². The molecule has 0 saturated carbocycles. The van der Waals surface area contributed by atoms with Gasteiger partial charge in [-0.1, -0.05) is 77.6 Å². The average Bonchev–Trinajstić information content (AvgIpc) is 2.94. The number of rotatable bonds is 16. The lowest BCUT2D eigenvalue weighted by Gasteiger charge is -2.07. The Morgan fingerprint density at radius 1 is 0.923 bits per heavy atom. The van der Waals surface area contributed by atoms with E-state index in [1.807, 2.05) is 0 Å². The molecule has 1 fully saturated rings. The van der Waals surface area contributed by atoms with Crippen LogP contribution in [0, 0.1) is 0 Å². The summed E-state index contributed by atoms with van der Waals surface area (Å²) in [6.07, 6.45) is 14.8. The summed E-state index contributed by atoms with van der Waals surface area (Å²) < 4.78 is 9.50. The van der Waals surface area contributed by atoms with Crippen LogP contribution in [0.3, 0.4) is 0 Å². The molecule has 0 spiro atoms. The van der Waals surface area contributed by atoms with Crippen LogP contribution in [0.2, 0.25) is 0 Å². The lowest BCUT2D eigenvalue weighted by molar-refractivity contribution is -0.144. The molecule has 0 radical (unpaired) electrons. The Labute approximate surface area is 157 Å². The van der Waals surface area contributed by atoms with Gasteiger partial charge in [0.15, 0.2) is 0 Å². The van der Waals surface area contributed by atoms with Crippen molar-refractivity contribution < 1.29 is 23.9 Å². The largest absolute Gasteiger partial charge is 0.466 e. The van der Waals surface area contributed by atoms with Crippen LogP contribution < -0.4 is 5.32 Å². The van der Waals surface area contributed by atoms with Crippen molar-refractivity contribution in [1.29, 1.82) is 0 Å². The first-order valence-electron chi connectivity index (χ1n) is 10.3. The number of hydrogen-bond donors (Lipinski definition) is 1. The standard InChI is InChI=1S/C20H35NO5/c1-2-3-4-5-6-7-8-9-10-11-12-13-16-25-18(22)15-14-17-19(23)26-20(24)21-17/h17H,2-16H2,1H3,(H,21,24). The van der Waals surface area contributed by atoms with Gasteiger partial charge in [-0.15, -0.1) is 0 Å². The summed E-state index contributed by atoms with van der Waals surface area (Å²) in [5, 5.41) is 2.36. The molecule has 0 bridgehead atoms. The molecule has 1 aliphatic heterocycles. The third-order valence-corrected chi connectivity index (χ3v) is 4.67. The van der Waals surface area contributed by atoms with Crippen molar-refractivity contribution in [3.8, 4) is 0 Å². The van der Waals surface area contributed by atoms with Crippen molar-refractivity contribution >= 4 is 18.0 Å². The van der Waals surface area contributed by atoms with Crippen LogP contribution in [0.25, 0.3) is 0 Å². The van der Waals surface area contributed by atoms with Gasteiger partial charge in [0.25, 0.3) is 0 Å². The van der Waals surface area contributed by atoms with Crippen LogP contribution >= 0.6 is 0 Å². The number of amides is 1. The maximum atomic E-state index is 11.6. The van der Waals surface area contributed by atoms with E-state index >= 15 is 0 Å². The lowest BCUT2D eigenvalue weighted by atomic mass is 10.1. The number of esters is 2.